The number of fused-ring (bicyclic) bond motifs is 3. The molecule has 0 aromatic heterocycles. The molecule has 0 spiro atoms. The zero-order valence-corrected chi connectivity index (χ0v) is 18.1. The number of carboxylic acid groups (broad SMARTS) is 1. The lowest BCUT2D eigenvalue weighted by Gasteiger charge is -2.23. The Morgan fingerprint density at radius 2 is 1.56 bits per heavy atom. The van der Waals surface area contributed by atoms with Gasteiger partial charge in [-0.25, -0.2) is 9.59 Å². The Bertz CT molecular complexity index is 1040. The number of aliphatic carboxylic acids is 1. The van der Waals surface area contributed by atoms with Crippen LogP contribution in [-0.2, 0) is 14.3 Å². The van der Waals surface area contributed by atoms with E-state index in [1.807, 2.05) is 59.2 Å². The molecule has 0 radical (unpaired) electrons. The summed E-state index contributed by atoms with van der Waals surface area (Å²) >= 11 is 0. The predicted octanol–water partition coefficient (Wildman–Crippen LogP) is 2.80. The molecule has 1 aliphatic rings. The van der Waals surface area contributed by atoms with Crippen molar-refractivity contribution >= 4 is 18.0 Å². The second-order valence-corrected chi connectivity index (χ2v) is 8.14. The number of hydrogen-bond donors (Lipinski definition) is 4. The lowest BCUT2D eigenvalue weighted by Crippen LogP contribution is -2.53. The van der Waals surface area contributed by atoms with Crippen LogP contribution in [0, 0.1) is 0 Å². The first kappa shape index (κ1) is 25.0. The van der Waals surface area contributed by atoms with Gasteiger partial charge in [-0.15, -0.1) is 0 Å². The zero-order chi connectivity index (χ0) is 25.1. The average Bonchev–Trinajstić information content (AvgIpc) is 3.08. The van der Waals surface area contributed by atoms with E-state index in [0.29, 0.717) is 0 Å². The van der Waals surface area contributed by atoms with E-state index in [9.17, 15) is 32.7 Å². The fourth-order valence-electron chi connectivity index (χ4n) is 3.68. The number of halogens is 3. The Kier molecular flexibility index (Phi) is 7.15. The first-order valence-electron chi connectivity index (χ1n) is 10.3. The maximum absolute atomic E-state index is 13.0. The van der Waals surface area contributed by atoms with Crippen LogP contribution in [0.1, 0.15) is 30.4 Å². The largest absolute Gasteiger partial charge is 0.479 e. The van der Waals surface area contributed by atoms with E-state index in [0.717, 1.165) is 29.2 Å². The van der Waals surface area contributed by atoms with Crippen LogP contribution in [0.5, 0.6) is 0 Å². The molecule has 11 heteroatoms. The third-order valence-electron chi connectivity index (χ3n) is 5.46. The molecule has 1 aliphatic carbocycles. The number of carbonyl (C=O) groups is 3. The maximum Gasteiger partial charge on any atom is 0.407 e. The number of hydrogen-bond acceptors (Lipinski definition) is 5. The van der Waals surface area contributed by atoms with E-state index in [-0.39, 0.29) is 12.5 Å². The SMILES string of the molecule is CC(O)(CNC(=O)C(CC(F)(F)F)NC(=O)OCC1c2ccccc2-c2ccccc21)C(=O)O. The van der Waals surface area contributed by atoms with E-state index in [4.69, 9.17) is 9.84 Å². The van der Waals surface area contributed by atoms with Crippen molar-refractivity contribution in [1.82, 2.24) is 10.6 Å². The molecule has 2 atom stereocenters. The number of carboxylic acids is 1. The highest BCUT2D eigenvalue weighted by Gasteiger charge is 2.38. The van der Waals surface area contributed by atoms with E-state index < -0.39 is 48.8 Å². The first-order chi connectivity index (χ1) is 15.9. The minimum absolute atomic E-state index is 0.173. The van der Waals surface area contributed by atoms with Gasteiger partial charge in [0.2, 0.25) is 5.91 Å². The van der Waals surface area contributed by atoms with E-state index >= 15 is 0 Å². The number of alkyl carbamates (subject to hydrolysis) is 1. The molecule has 0 aliphatic heterocycles. The zero-order valence-electron chi connectivity index (χ0n) is 18.1. The Hall–Kier alpha value is -3.60. The number of aliphatic hydroxyl groups is 1. The van der Waals surface area contributed by atoms with Crippen LogP contribution in [0.3, 0.4) is 0 Å². The number of ether oxygens (including phenoxy) is 1. The fourth-order valence-corrected chi connectivity index (χ4v) is 3.68. The van der Waals surface area contributed by atoms with Gasteiger partial charge in [0.1, 0.15) is 12.6 Å². The number of nitrogens with one attached hydrogen (secondary N) is 2. The summed E-state index contributed by atoms with van der Waals surface area (Å²) in [7, 11) is 0. The van der Waals surface area contributed by atoms with Gasteiger partial charge < -0.3 is 25.6 Å². The number of alkyl halides is 3. The lowest BCUT2D eigenvalue weighted by molar-refractivity contribution is -0.157. The van der Waals surface area contributed by atoms with Crippen molar-refractivity contribution in [2.45, 2.75) is 37.1 Å². The summed E-state index contributed by atoms with van der Waals surface area (Å²) in [6, 6.07) is 12.9. The van der Waals surface area contributed by atoms with Crippen molar-refractivity contribution < 1.29 is 42.5 Å². The monoisotopic (exact) mass is 480 g/mol. The lowest BCUT2D eigenvalue weighted by atomic mass is 9.98. The topological polar surface area (TPSA) is 125 Å². The minimum atomic E-state index is -4.81. The molecule has 3 rings (SSSR count). The van der Waals surface area contributed by atoms with Crippen LogP contribution in [0.15, 0.2) is 48.5 Å². The van der Waals surface area contributed by atoms with Crippen molar-refractivity contribution in [1.29, 1.82) is 0 Å². The van der Waals surface area contributed by atoms with Crippen LogP contribution in [0.25, 0.3) is 11.1 Å². The molecule has 4 N–H and O–H groups in total. The fraction of sp³-hybridized carbons (Fsp3) is 0.348. The molecule has 0 fully saturated rings. The number of rotatable bonds is 8. The molecule has 0 bridgehead atoms. The third kappa shape index (κ3) is 5.84. The molecule has 0 saturated heterocycles. The Morgan fingerprint density at radius 3 is 2.06 bits per heavy atom. The summed E-state index contributed by atoms with van der Waals surface area (Å²) in [5.41, 5.74) is 1.33. The molecule has 2 aromatic carbocycles. The second-order valence-electron chi connectivity index (χ2n) is 8.14. The summed E-state index contributed by atoms with van der Waals surface area (Å²) < 4.78 is 44.1. The van der Waals surface area contributed by atoms with Gasteiger partial charge in [0.15, 0.2) is 5.60 Å². The highest BCUT2D eigenvalue weighted by Crippen LogP contribution is 2.44. The van der Waals surface area contributed by atoms with Crippen molar-refractivity contribution in [2.24, 2.45) is 0 Å². The van der Waals surface area contributed by atoms with E-state index in [1.54, 1.807) is 0 Å². The molecular formula is C23H23F3N2O6. The second kappa shape index (κ2) is 9.72. The van der Waals surface area contributed by atoms with Crippen molar-refractivity contribution in [2.75, 3.05) is 13.2 Å². The molecule has 0 saturated carbocycles. The third-order valence-corrected chi connectivity index (χ3v) is 5.46. The van der Waals surface area contributed by atoms with Crippen molar-refractivity contribution in [3.8, 4) is 11.1 Å². The van der Waals surface area contributed by atoms with Crippen LogP contribution in [0.4, 0.5) is 18.0 Å². The molecule has 2 unspecified atom stereocenters. The van der Waals surface area contributed by atoms with Gasteiger partial charge in [-0.3, -0.25) is 4.79 Å². The van der Waals surface area contributed by atoms with Gasteiger partial charge in [-0.1, -0.05) is 48.5 Å². The van der Waals surface area contributed by atoms with Crippen LogP contribution >= 0.6 is 0 Å². The van der Waals surface area contributed by atoms with Gasteiger partial charge in [-0.05, 0) is 29.2 Å². The Labute approximate surface area is 192 Å². The van der Waals surface area contributed by atoms with Gasteiger partial charge in [0, 0.05) is 5.92 Å². The molecule has 182 valence electrons. The molecular weight excluding hydrogens is 457 g/mol. The minimum Gasteiger partial charge on any atom is -0.479 e. The van der Waals surface area contributed by atoms with Crippen molar-refractivity contribution in [3.63, 3.8) is 0 Å². The normalized spacial score (nSPS) is 15.4. The van der Waals surface area contributed by atoms with Crippen LogP contribution < -0.4 is 10.6 Å². The number of carbonyl (C=O) groups excluding carboxylic acids is 2. The molecule has 2 aromatic rings. The Morgan fingerprint density at radius 1 is 1.03 bits per heavy atom. The summed E-state index contributed by atoms with van der Waals surface area (Å²) in [6.07, 6.45) is -7.76. The van der Waals surface area contributed by atoms with Gasteiger partial charge >= 0.3 is 18.2 Å². The van der Waals surface area contributed by atoms with Crippen LogP contribution in [0.2, 0.25) is 0 Å². The molecule has 8 nitrogen and oxygen atoms in total. The van der Waals surface area contributed by atoms with E-state index in [1.165, 1.54) is 0 Å². The standard InChI is InChI=1S/C23H23F3N2O6/c1-22(33,20(30)31)12-27-19(29)18(10-23(24,25)26)28-21(32)34-11-17-15-8-4-2-6-13(15)14-7-3-5-9-16(14)17/h2-9,17-18,33H,10-12H2,1H3,(H,27,29)(H,28,32)(H,30,31). The summed E-state index contributed by atoms with van der Waals surface area (Å²) in [5, 5.41) is 22.3. The number of amides is 2. The molecule has 0 heterocycles. The predicted molar refractivity (Wildman–Crippen MR) is 114 cm³/mol. The first-order valence-corrected chi connectivity index (χ1v) is 10.3. The highest BCUT2D eigenvalue weighted by atomic mass is 19.4. The summed E-state index contributed by atoms with van der Waals surface area (Å²) in [4.78, 5) is 35.5. The quantitative estimate of drug-likeness (QED) is 0.461. The summed E-state index contributed by atoms with van der Waals surface area (Å²) in [5.74, 6) is -3.32. The number of benzene rings is 2. The average molecular weight is 480 g/mol. The van der Waals surface area contributed by atoms with Crippen LogP contribution in [-0.4, -0.2) is 59.2 Å². The maximum atomic E-state index is 13.0. The van der Waals surface area contributed by atoms with E-state index in [2.05, 4.69) is 0 Å². The Balaban J connectivity index is 1.67. The van der Waals surface area contributed by atoms with Gasteiger partial charge in [0.05, 0.1) is 13.0 Å². The molecule has 34 heavy (non-hydrogen) atoms. The van der Waals surface area contributed by atoms with Gasteiger partial charge in [0.25, 0.3) is 0 Å². The van der Waals surface area contributed by atoms with Crippen molar-refractivity contribution in [3.05, 3.63) is 59.7 Å². The molecule has 2 amide bonds. The van der Waals surface area contributed by atoms with Gasteiger partial charge in [-0.2, -0.15) is 13.2 Å². The highest BCUT2D eigenvalue weighted by molar-refractivity contribution is 5.87. The summed E-state index contributed by atoms with van der Waals surface area (Å²) in [6.45, 7) is -0.164. The smallest absolute Gasteiger partial charge is 0.407 e.